The average Bonchev–Trinajstić information content (AvgIpc) is 3.00. The fraction of sp³-hybridized carbons (Fsp3) is 0.875. The number of hydrogen-bond donors (Lipinski definition) is 5. The van der Waals surface area contributed by atoms with Crippen molar-refractivity contribution in [2.75, 3.05) is 0 Å². The van der Waals surface area contributed by atoms with Crippen molar-refractivity contribution in [3.05, 3.63) is 0 Å². The van der Waals surface area contributed by atoms with Crippen molar-refractivity contribution < 1.29 is 24.5 Å². The molecule has 2 heterocycles. The molecule has 5 fully saturated rings. The van der Waals surface area contributed by atoms with E-state index >= 15 is 0 Å². The highest BCUT2D eigenvalue weighted by molar-refractivity contribution is 5.92. The molecule has 6 N–H and O–H groups in total. The van der Waals surface area contributed by atoms with Gasteiger partial charge >= 0.3 is 6.03 Å². The molecule has 0 bridgehead atoms. The number of nitrogens with two attached hydrogens (primary N) is 1. The number of fused-ring (bicyclic) bond motifs is 3. The van der Waals surface area contributed by atoms with Crippen LogP contribution in [0.2, 0.25) is 0 Å². The van der Waals surface area contributed by atoms with E-state index < -0.39 is 29.9 Å². The minimum atomic E-state index is -0.948. The van der Waals surface area contributed by atoms with Gasteiger partial charge in [0.25, 0.3) is 0 Å². The smallest absolute Gasteiger partial charge is 0.332 e. The van der Waals surface area contributed by atoms with Crippen molar-refractivity contribution >= 4 is 17.6 Å². The molecule has 9 nitrogen and oxygen atoms in total. The van der Waals surface area contributed by atoms with Crippen molar-refractivity contribution in [2.45, 2.75) is 90.3 Å². The molecule has 1 spiro atoms. The second kappa shape index (κ2) is 7.39. The Balaban J connectivity index is 1.57. The minimum Gasteiger partial charge on any atom is -0.393 e. The van der Waals surface area contributed by atoms with Gasteiger partial charge in [0.15, 0.2) is 0 Å². The van der Waals surface area contributed by atoms with Gasteiger partial charge in [-0.3, -0.25) is 4.79 Å². The van der Waals surface area contributed by atoms with Crippen LogP contribution in [-0.2, 0) is 9.53 Å². The van der Waals surface area contributed by atoms with Crippen LogP contribution in [0.25, 0.3) is 0 Å². The van der Waals surface area contributed by atoms with E-state index in [4.69, 9.17) is 10.5 Å². The number of rotatable bonds is 1. The Morgan fingerprint density at radius 1 is 1.27 bits per heavy atom. The summed E-state index contributed by atoms with van der Waals surface area (Å²) in [7, 11) is 0. The lowest BCUT2D eigenvalue weighted by Crippen LogP contribution is -2.72. The molecule has 10 unspecified atom stereocenters. The van der Waals surface area contributed by atoms with Crippen LogP contribution in [0.3, 0.4) is 0 Å². The lowest BCUT2D eigenvalue weighted by atomic mass is 9.42. The van der Waals surface area contributed by atoms with E-state index in [1.54, 1.807) is 0 Å². The number of nitrogens with zero attached hydrogens (tertiary/aromatic N) is 1. The Labute approximate surface area is 194 Å². The topological polar surface area (TPSA) is 146 Å². The summed E-state index contributed by atoms with van der Waals surface area (Å²) in [4.78, 5) is 23.8. The number of nitrogens with one attached hydrogen (secondary N) is 2. The molecule has 184 valence electrons. The Kier molecular flexibility index (Phi) is 5.16. The summed E-state index contributed by atoms with van der Waals surface area (Å²) in [6, 6.07) is -0.674. The maximum atomic E-state index is 12.5. The molecule has 3 aliphatic carbocycles. The summed E-state index contributed by atoms with van der Waals surface area (Å²) in [5.41, 5.74) is 7.65. The molecule has 3 saturated carbocycles. The van der Waals surface area contributed by atoms with E-state index in [2.05, 4.69) is 43.5 Å². The van der Waals surface area contributed by atoms with Crippen molar-refractivity contribution in [1.82, 2.24) is 10.7 Å². The fourth-order valence-corrected chi connectivity index (χ4v) is 8.49. The van der Waals surface area contributed by atoms with Crippen molar-refractivity contribution in [3.8, 4) is 0 Å². The Bertz CT molecular complexity index is 892. The van der Waals surface area contributed by atoms with Gasteiger partial charge in [0.05, 0.1) is 23.7 Å². The lowest BCUT2D eigenvalue weighted by Gasteiger charge is -2.70. The standard InChI is InChI=1S/C24H38N4O5/c1-11-5-6-15-22(2,3)16(27-28-21(25)32)7-8-24(15)23(11,4)10-13-14(29)9-12-17(18(13)33-24)20(31)26-19(12)30/h11-15,17-18,20,29,31H,5-10H2,1-4H3,(H,26,30)(H3,25,28,32). The van der Waals surface area contributed by atoms with Crippen LogP contribution in [0.5, 0.6) is 0 Å². The van der Waals surface area contributed by atoms with Crippen molar-refractivity contribution in [1.29, 1.82) is 0 Å². The van der Waals surface area contributed by atoms with Crippen LogP contribution in [0, 0.1) is 40.4 Å². The zero-order chi connectivity index (χ0) is 23.9. The monoisotopic (exact) mass is 462 g/mol. The van der Waals surface area contributed by atoms with E-state index in [9.17, 15) is 19.8 Å². The van der Waals surface area contributed by atoms with Gasteiger partial charge in [-0.05, 0) is 55.8 Å². The van der Waals surface area contributed by atoms with Gasteiger partial charge in [-0.1, -0.05) is 27.7 Å². The largest absolute Gasteiger partial charge is 0.393 e. The highest BCUT2D eigenvalue weighted by Crippen LogP contribution is 2.68. The van der Waals surface area contributed by atoms with Gasteiger partial charge in [0.2, 0.25) is 5.91 Å². The van der Waals surface area contributed by atoms with E-state index in [1.165, 1.54) is 0 Å². The highest BCUT2D eigenvalue weighted by Gasteiger charge is 2.70. The first-order valence-corrected chi connectivity index (χ1v) is 12.4. The molecule has 5 aliphatic rings. The number of ether oxygens (including phenoxy) is 1. The predicted molar refractivity (Wildman–Crippen MR) is 121 cm³/mol. The molecular formula is C24H38N4O5. The van der Waals surface area contributed by atoms with Crippen LogP contribution in [0.15, 0.2) is 5.10 Å². The lowest BCUT2D eigenvalue weighted by molar-refractivity contribution is -0.323. The van der Waals surface area contributed by atoms with E-state index in [1.807, 2.05) is 0 Å². The molecule has 10 atom stereocenters. The van der Waals surface area contributed by atoms with Crippen LogP contribution in [0.1, 0.15) is 66.2 Å². The van der Waals surface area contributed by atoms with Crippen LogP contribution in [0.4, 0.5) is 4.79 Å². The van der Waals surface area contributed by atoms with Gasteiger partial charge in [-0.15, -0.1) is 0 Å². The zero-order valence-electron chi connectivity index (χ0n) is 20.0. The molecule has 0 radical (unpaired) electrons. The Morgan fingerprint density at radius 3 is 2.70 bits per heavy atom. The molecule has 3 amide bonds. The summed E-state index contributed by atoms with van der Waals surface area (Å²) >= 11 is 0. The number of hydrogen-bond acceptors (Lipinski definition) is 6. The minimum absolute atomic E-state index is 0.111. The third kappa shape index (κ3) is 3.04. The number of urea groups is 1. The summed E-state index contributed by atoms with van der Waals surface area (Å²) in [5, 5.41) is 28.9. The third-order valence-electron chi connectivity index (χ3n) is 10.4. The predicted octanol–water partition coefficient (Wildman–Crippen LogP) is 1.47. The second-order valence-corrected chi connectivity index (χ2v) is 12.0. The molecule has 0 aromatic rings. The fourth-order valence-electron chi connectivity index (χ4n) is 8.49. The highest BCUT2D eigenvalue weighted by atomic mass is 16.5. The molecule has 2 saturated heterocycles. The number of carbonyl (C=O) groups excluding carboxylic acids is 2. The molecule has 0 aromatic carbocycles. The number of aliphatic hydroxyl groups excluding tert-OH is 2. The summed E-state index contributed by atoms with van der Waals surface area (Å²) < 4.78 is 7.19. The first kappa shape index (κ1) is 23.1. The van der Waals surface area contributed by atoms with Crippen LogP contribution >= 0.6 is 0 Å². The normalized spacial score (nSPS) is 51.6. The SMILES string of the molecule is CC1CCC2C(C)(C)C(=NNC(N)=O)CCC23OC2C(CC13C)C(O)CC1C(=O)NC(O)C12. The number of primary amides is 1. The molecule has 2 aliphatic heterocycles. The quantitative estimate of drug-likeness (QED) is 0.375. The van der Waals surface area contributed by atoms with Gasteiger partial charge in [0.1, 0.15) is 6.23 Å². The summed E-state index contributed by atoms with van der Waals surface area (Å²) in [6.07, 6.45) is 2.66. The Morgan fingerprint density at radius 2 is 2.00 bits per heavy atom. The third-order valence-corrected chi connectivity index (χ3v) is 10.4. The average molecular weight is 463 g/mol. The Hall–Kier alpha value is -1.71. The van der Waals surface area contributed by atoms with Crippen LogP contribution in [-0.4, -0.2) is 51.9 Å². The number of aliphatic hydroxyl groups is 2. The van der Waals surface area contributed by atoms with Crippen molar-refractivity contribution in [3.63, 3.8) is 0 Å². The number of carbonyl (C=O) groups is 2. The molecule has 0 aromatic heterocycles. The zero-order valence-corrected chi connectivity index (χ0v) is 20.0. The van der Waals surface area contributed by atoms with Crippen LogP contribution < -0.4 is 16.5 Å². The number of hydrazone groups is 1. The van der Waals surface area contributed by atoms with E-state index in [0.29, 0.717) is 18.8 Å². The second-order valence-electron chi connectivity index (χ2n) is 12.0. The summed E-state index contributed by atoms with van der Waals surface area (Å²) in [6.45, 7) is 8.94. The molecule has 9 heteroatoms. The van der Waals surface area contributed by atoms with Gasteiger partial charge in [0, 0.05) is 23.0 Å². The summed E-state index contributed by atoms with van der Waals surface area (Å²) in [5.74, 6) is -0.522. The maximum Gasteiger partial charge on any atom is 0.332 e. The molecular weight excluding hydrogens is 424 g/mol. The van der Waals surface area contributed by atoms with Gasteiger partial charge in [-0.2, -0.15) is 5.10 Å². The van der Waals surface area contributed by atoms with Crippen molar-refractivity contribution in [2.24, 2.45) is 51.3 Å². The number of amides is 3. The molecule has 33 heavy (non-hydrogen) atoms. The maximum absolute atomic E-state index is 12.5. The molecule has 5 rings (SSSR count). The first-order valence-electron chi connectivity index (χ1n) is 12.4. The van der Waals surface area contributed by atoms with Gasteiger partial charge in [-0.25, -0.2) is 10.2 Å². The van der Waals surface area contributed by atoms with Gasteiger partial charge < -0.3 is 26.0 Å². The first-order chi connectivity index (χ1) is 15.4. The van der Waals surface area contributed by atoms with E-state index in [-0.39, 0.29) is 40.6 Å². The van der Waals surface area contributed by atoms with E-state index in [0.717, 1.165) is 31.4 Å².